The number of hydrogen-bond donors (Lipinski definition) is 0. The maximum atomic E-state index is 8.85. The summed E-state index contributed by atoms with van der Waals surface area (Å²) in [6.07, 6.45) is 7.56. The molecule has 3 heterocycles. The van der Waals surface area contributed by atoms with Crippen LogP contribution in [0.25, 0.3) is 11.6 Å². The van der Waals surface area contributed by atoms with E-state index < -0.39 is 0 Å². The largest absolute Gasteiger partial charge is 0.461 e. The van der Waals surface area contributed by atoms with Crippen LogP contribution in [0.3, 0.4) is 0 Å². The molecule has 0 saturated heterocycles. The molecule has 0 unspecified atom stereocenters. The first-order chi connectivity index (χ1) is 12.3. The van der Waals surface area contributed by atoms with Crippen molar-refractivity contribution in [3.05, 3.63) is 36.2 Å². The Hall–Kier alpha value is -2.66. The van der Waals surface area contributed by atoms with Crippen molar-refractivity contribution in [1.82, 2.24) is 25.0 Å². The zero-order valence-corrected chi connectivity index (χ0v) is 14.3. The quantitative estimate of drug-likeness (QED) is 0.704. The lowest BCUT2D eigenvalue weighted by atomic mass is 9.95. The van der Waals surface area contributed by atoms with Crippen LogP contribution in [0.5, 0.6) is 0 Å². The van der Waals surface area contributed by atoms with Gasteiger partial charge in [-0.15, -0.1) is 20.4 Å². The maximum Gasteiger partial charge on any atom is 0.200 e. The number of hydrogen-bond acceptors (Lipinski definition) is 7. The molecule has 0 spiro atoms. The third-order valence-electron chi connectivity index (χ3n) is 4.30. The van der Waals surface area contributed by atoms with E-state index in [1.165, 1.54) is 31.0 Å². The van der Waals surface area contributed by atoms with E-state index in [0.29, 0.717) is 16.8 Å². The molecule has 25 heavy (non-hydrogen) atoms. The average molecular weight is 352 g/mol. The van der Waals surface area contributed by atoms with Gasteiger partial charge in [0.25, 0.3) is 0 Å². The normalized spacial score (nSPS) is 15.2. The number of rotatable bonds is 4. The van der Waals surface area contributed by atoms with Gasteiger partial charge >= 0.3 is 0 Å². The molecule has 4 rings (SSSR count). The van der Waals surface area contributed by atoms with Gasteiger partial charge in [0, 0.05) is 6.04 Å². The second-order valence-corrected chi connectivity index (χ2v) is 6.90. The molecule has 0 N–H and O–H groups in total. The fraction of sp³-hybridized carbons (Fsp3) is 0.353. The minimum Gasteiger partial charge on any atom is -0.461 e. The van der Waals surface area contributed by atoms with Crippen LogP contribution >= 0.6 is 11.8 Å². The molecule has 1 saturated carbocycles. The zero-order valence-electron chi connectivity index (χ0n) is 13.5. The standard InChI is InChI=1S/C17H16N6OS/c18-11-12-8-9-15(20-19-12)25-17-22-21-16(14-7-4-10-24-14)23(17)13-5-2-1-3-6-13/h4,7-10,13H,1-3,5-6H2. The Labute approximate surface area is 149 Å². The van der Waals surface area contributed by atoms with Crippen molar-refractivity contribution in [2.75, 3.05) is 0 Å². The van der Waals surface area contributed by atoms with Gasteiger partial charge in [0.15, 0.2) is 16.6 Å². The first kappa shape index (κ1) is 15.8. The summed E-state index contributed by atoms with van der Waals surface area (Å²) in [7, 11) is 0. The lowest BCUT2D eigenvalue weighted by Gasteiger charge is -2.25. The zero-order chi connectivity index (χ0) is 17.1. The summed E-state index contributed by atoms with van der Waals surface area (Å²) >= 11 is 1.41. The van der Waals surface area contributed by atoms with E-state index in [9.17, 15) is 0 Å². The number of nitrogens with zero attached hydrogens (tertiary/aromatic N) is 6. The Bertz CT molecular complexity index is 875. The minimum absolute atomic E-state index is 0.300. The summed E-state index contributed by atoms with van der Waals surface area (Å²) in [5.74, 6) is 1.47. The van der Waals surface area contributed by atoms with Gasteiger partial charge in [0.05, 0.1) is 6.26 Å². The van der Waals surface area contributed by atoms with E-state index in [1.54, 1.807) is 18.4 Å². The fourth-order valence-corrected chi connectivity index (χ4v) is 3.94. The average Bonchev–Trinajstić information content (AvgIpc) is 3.32. The number of aromatic nitrogens is 5. The van der Waals surface area contributed by atoms with Gasteiger partial charge in [-0.3, -0.25) is 4.57 Å². The Balaban J connectivity index is 1.70. The highest BCUT2D eigenvalue weighted by molar-refractivity contribution is 7.99. The monoisotopic (exact) mass is 352 g/mol. The van der Waals surface area contributed by atoms with Crippen LogP contribution < -0.4 is 0 Å². The summed E-state index contributed by atoms with van der Waals surface area (Å²) in [6, 6.07) is 9.53. The predicted molar refractivity (Wildman–Crippen MR) is 90.7 cm³/mol. The van der Waals surface area contributed by atoms with Crippen molar-refractivity contribution in [3.63, 3.8) is 0 Å². The summed E-state index contributed by atoms with van der Waals surface area (Å²) in [5.41, 5.74) is 0.300. The second-order valence-electron chi connectivity index (χ2n) is 5.92. The molecule has 1 aliphatic rings. The predicted octanol–water partition coefficient (Wildman–Crippen LogP) is 3.86. The summed E-state index contributed by atoms with van der Waals surface area (Å²) < 4.78 is 7.72. The molecule has 0 radical (unpaired) electrons. The molecule has 0 bridgehead atoms. The smallest absolute Gasteiger partial charge is 0.200 e. The van der Waals surface area contributed by atoms with Crippen molar-refractivity contribution in [3.8, 4) is 17.7 Å². The molecule has 1 aliphatic carbocycles. The van der Waals surface area contributed by atoms with Gasteiger partial charge in [0.2, 0.25) is 5.82 Å². The highest BCUT2D eigenvalue weighted by Crippen LogP contribution is 2.37. The van der Waals surface area contributed by atoms with Crippen molar-refractivity contribution >= 4 is 11.8 Å². The summed E-state index contributed by atoms with van der Waals surface area (Å²) in [6.45, 7) is 0. The lowest BCUT2D eigenvalue weighted by Crippen LogP contribution is -2.15. The molecule has 8 heteroatoms. The Morgan fingerprint density at radius 3 is 2.64 bits per heavy atom. The van der Waals surface area contributed by atoms with Crippen molar-refractivity contribution in [1.29, 1.82) is 5.26 Å². The van der Waals surface area contributed by atoms with Crippen LogP contribution in [0.2, 0.25) is 0 Å². The molecule has 126 valence electrons. The SMILES string of the molecule is N#Cc1ccc(Sc2nnc(-c3ccco3)n2C2CCCCC2)nn1. The third kappa shape index (κ3) is 3.28. The molecule has 0 atom stereocenters. The summed E-state index contributed by atoms with van der Waals surface area (Å²) in [4.78, 5) is 0. The van der Waals surface area contributed by atoms with Crippen molar-refractivity contribution in [2.45, 2.75) is 48.3 Å². The van der Waals surface area contributed by atoms with Crippen molar-refractivity contribution < 1.29 is 4.42 Å². The van der Waals surface area contributed by atoms with Crippen LogP contribution in [0.1, 0.15) is 43.8 Å². The topological polar surface area (TPSA) is 93.4 Å². The van der Waals surface area contributed by atoms with Gasteiger partial charge in [0.1, 0.15) is 11.1 Å². The maximum absolute atomic E-state index is 8.85. The van der Waals surface area contributed by atoms with Crippen LogP contribution in [-0.4, -0.2) is 25.0 Å². The highest BCUT2D eigenvalue weighted by Gasteiger charge is 2.25. The van der Waals surface area contributed by atoms with Crippen LogP contribution in [0.15, 0.2) is 45.1 Å². The molecule has 3 aromatic rings. The molecule has 3 aromatic heterocycles. The summed E-state index contributed by atoms with van der Waals surface area (Å²) in [5, 5.41) is 27.0. The molecule has 0 aromatic carbocycles. The molecular formula is C17H16N6OS. The third-order valence-corrected chi connectivity index (χ3v) is 5.18. The van der Waals surface area contributed by atoms with Crippen LogP contribution in [0, 0.1) is 11.3 Å². The van der Waals surface area contributed by atoms with E-state index in [-0.39, 0.29) is 0 Å². The van der Waals surface area contributed by atoms with Gasteiger partial charge in [-0.1, -0.05) is 19.3 Å². The van der Waals surface area contributed by atoms with Gasteiger partial charge in [-0.2, -0.15) is 5.26 Å². The van der Waals surface area contributed by atoms with E-state index in [4.69, 9.17) is 9.68 Å². The van der Waals surface area contributed by atoms with E-state index in [0.717, 1.165) is 29.6 Å². The van der Waals surface area contributed by atoms with Crippen molar-refractivity contribution in [2.24, 2.45) is 0 Å². The molecule has 0 aliphatic heterocycles. The first-order valence-electron chi connectivity index (χ1n) is 8.25. The number of furan rings is 1. The van der Waals surface area contributed by atoms with Crippen LogP contribution in [-0.2, 0) is 0 Å². The molecule has 7 nitrogen and oxygen atoms in total. The Kier molecular flexibility index (Phi) is 4.48. The lowest BCUT2D eigenvalue weighted by molar-refractivity contribution is 0.337. The van der Waals surface area contributed by atoms with E-state index in [2.05, 4.69) is 25.0 Å². The first-order valence-corrected chi connectivity index (χ1v) is 9.07. The molecule has 0 amide bonds. The number of nitriles is 1. The van der Waals surface area contributed by atoms with Crippen LogP contribution in [0.4, 0.5) is 0 Å². The molecular weight excluding hydrogens is 336 g/mol. The van der Waals surface area contributed by atoms with Gasteiger partial charge in [-0.25, -0.2) is 0 Å². The highest BCUT2D eigenvalue weighted by atomic mass is 32.2. The molecule has 1 fully saturated rings. The Morgan fingerprint density at radius 2 is 1.96 bits per heavy atom. The van der Waals surface area contributed by atoms with Gasteiger partial charge < -0.3 is 4.42 Å². The van der Waals surface area contributed by atoms with E-state index in [1.807, 2.05) is 18.2 Å². The fourth-order valence-electron chi connectivity index (χ4n) is 3.12. The van der Waals surface area contributed by atoms with E-state index >= 15 is 0 Å². The minimum atomic E-state index is 0.300. The Morgan fingerprint density at radius 1 is 1.08 bits per heavy atom. The van der Waals surface area contributed by atoms with Gasteiger partial charge in [-0.05, 0) is 48.9 Å². The second kappa shape index (κ2) is 7.07.